The largest absolute Gasteiger partial charge is 0.485 e. The molecule has 0 spiro atoms. The number of ether oxygens (including phenoxy) is 1. The smallest absolute Gasteiger partial charge is 0.303 e. The van der Waals surface area contributed by atoms with E-state index in [-0.39, 0.29) is 18.4 Å². The summed E-state index contributed by atoms with van der Waals surface area (Å²) in [6.07, 6.45) is 1.49. The van der Waals surface area contributed by atoms with Crippen molar-refractivity contribution >= 4 is 5.97 Å². The fourth-order valence-electron chi connectivity index (χ4n) is 2.00. The molecule has 0 saturated carbocycles. The Balaban J connectivity index is 1.90. The molecule has 0 amide bonds. The predicted molar refractivity (Wildman–Crippen MR) is 84.3 cm³/mol. The van der Waals surface area contributed by atoms with Gasteiger partial charge in [-0.2, -0.15) is 4.98 Å². The van der Waals surface area contributed by atoms with E-state index >= 15 is 0 Å². The number of aromatic nitrogens is 2. The summed E-state index contributed by atoms with van der Waals surface area (Å²) in [5.41, 5.74) is 0.863. The molecule has 1 aromatic carbocycles. The van der Waals surface area contributed by atoms with Crippen molar-refractivity contribution in [2.45, 2.75) is 52.1 Å². The van der Waals surface area contributed by atoms with Crippen LogP contribution in [0.4, 0.5) is 0 Å². The van der Waals surface area contributed by atoms with Crippen molar-refractivity contribution in [1.29, 1.82) is 0 Å². The fraction of sp³-hybridized carbons (Fsp3) is 0.471. The summed E-state index contributed by atoms with van der Waals surface area (Å²) in [4.78, 5) is 14.9. The molecule has 0 aliphatic heterocycles. The van der Waals surface area contributed by atoms with Gasteiger partial charge in [-0.15, -0.1) is 0 Å². The zero-order chi connectivity index (χ0) is 16.9. The summed E-state index contributed by atoms with van der Waals surface area (Å²) in [5, 5.41) is 12.6. The van der Waals surface area contributed by atoms with Crippen LogP contribution in [0.5, 0.6) is 5.75 Å². The van der Waals surface area contributed by atoms with Gasteiger partial charge in [-0.3, -0.25) is 4.79 Å². The van der Waals surface area contributed by atoms with Gasteiger partial charge in [0.15, 0.2) is 6.61 Å². The number of aliphatic carboxylic acids is 1. The first-order valence-corrected chi connectivity index (χ1v) is 7.61. The molecule has 23 heavy (non-hydrogen) atoms. The minimum atomic E-state index is -0.774. The van der Waals surface area contributed by atoms with Crippen molar-refractivity contribution in [3.63, 3.8) is 0 Å². The summed E-state index contributed by atoms with van der Waals surface area (Å²) in [6.45, 7) is 6.25. The highest BCUT2D eigenvalue weighted by Crippen LogP contribution is 2.20. The standard InChI is InChI=1S/C17H22N2O4/c1-17(2,3)16-18-14(19-23-16)11-22-13-8-4-6-12(10-13)7-5-9-15(20)21/h4,6,8,10H,5,7,9,11H2,1-3H3,(H,20,21). The average molecular weight is 318 g/mol. The van der Waals surface area contributed by atoms with E-state index in [2.05, 4.69) is 10.1 Å². The first-order chi connectivity index (χ1) is 10.8. The van der Waals surface area contributed by atoms with Crippen LogP contribution in [0.1, 0.15) is 50.9 Å². The molecule has 1 heterocycles. The second kappa shape index (κ2) is 7.26. The molecule has 1 N–H and O–H groups in total. The average Bonchev–Trinajstić information content (AvgIpc) is 2.94. The Kier molecular flexibility index (Phi) is 5.36. The van der Waals surface area contributed by atoms with Gasteiger partial charge in [0.25, 0.3) is 0 Å². The fourth-order valence-corrected chi connectivity index (χ4v) is 2.00. The van der Waals surface area contributed by atoms with Gasteiger partial charge in [-0.1, -0.05) is 38.1 Å². The Morgan fingerprint density at radius 1 is 1.35 bits per heavy atom. The lowest BCUT2D eigenvalue weighted by atomic mass is 9.97. The molecule has 124 valence electrons. The Morgan fingerprint density at radius 2 is 2.13 bits per heavy atom. The molecule has 0 aliphatic carbocycles. The van der Waals surface area contributed by atoms with Gasteiger partial charge >= 0.3 is 5.97 Å². The van der Waals surface area contributed by atoms with Crippen LogP contribution in [0.2, 0.25) is 0 Å². The Hall–Kier alpha value is -2.37. The number of hydrogen-bond donors (Lipinski definition) is 1. The lowest BCUT2D eigenvalue weighted by Crippen LogP contribution is -2.11. The number of carboxylic acids is 1. The van der Waals surface area contributed by atoms with E-state index in [1.165, 1.54) is 0 Å². The van der Waals surface area contributed by atoms with E-state index in [1.54, 1.807) is 0 Å². The van der Waals surface area contributed by atoms with Crippen LogP contribution in [0, 0.1) is 0 Å². The van der Waals surface area contributed by atoms with Crippen LogP contribution >= 0.6 is 0 Å². The number of nitrogens with zero attached hydrogens (tertiary/aromatic N) is 2. The monoisotopic (exact) mass is 318 g/mol. The zero-order valence-corrected chi connectivity index (χ0v) is 13.7. The molecule has 0 aliphatic rings. The first-order valence-electron chi connectivity index (χ1n) is 7.61. The third-order valence-corrected chi connectivity index (χ3v) is 3.23. The first kappa shape index (κ1) is 17.0. The Labute approximate surface area is 135 Å². The molecule has 2 aromatic rings. The van der Waals surface area contributed by atoms with Crippen LogP contribution in [0.25, 0.3) is 0 Å². The summed E-state index contributed by atoms with van der Waals surface area (Å²) >= 11 is 0. The highest BCUT2D eigenvalue weighted by Gasteiger charge is 2.21. The van der Waals surface area contributed by atoms with Crippen molar-refractivity contribution in [3.8, 4) is 5.75 Å². The molecule has 6 heteroatoms. The number of carbonyl (C=O) groups is 1. The summed E-state index contributed by atoms with van der Waals surface area (Å²) in [7, 11) is 0. The lowest BCUT2D eigenvalue weighted by molar-refractivity contribution is -0.137. The van der Waals surface area contributed by atoms with Gasteiger partial charge in [0.1, 0.15) is 5.75 Å². The minimum Gasteiger partial charge on any atom is -0.485 e. The van der Waals surface area contributed by atoms with Crippen molar-refractivity contribution in [2.24, 2.45) is 0 Å². The summed E-state index contributed by atoms with van der Waals surface area (Å²) < 4.78 is 10.9. The summed E-state index contributed by atoms with van der Waals surface area (Å²) in [5.74, 6) is 1.02. The van der Waals surface area contributed by atoms with Gasteiger partial charge in [0, 0.05) is 11.8 Å². The van der Waals surface area contributed by atoms with Crippen molar-refractivity contribution in [3.05, 3.63) is 41.5 Å². The molecule has 2 rings (SSSR count). The maximum Gasteiger partial charge on any atom is 0.303 e. The zero-order valence-electron chi connectivity index (χ0n) is 13.7. The van der Waals surface area contributed by atoms with Gasteiger partial charge in [0.2, 0.25) is 11.7 Å². The van der Waals surface area contributed by atoms with E-state index < -0.39 is 5.97 Å². The highest BCUT2D eigenvalue weighted by molar-refractivity contribution is 5.66. The molecular weight excluding hydrogens is 296 g/mol. The normalized spacial score (nSPS) is 11.4. The molecule has 0 radical (unpaired) electrons. The Bertz CT molecular complexity index is 659. The molecule has 6 nitrogen and oxygen atoms in total. The molecule has 0 atom stereocenters. The summed E-state index contributed by atoms with van der Waals surface area (Å²) in [6, 6.07) is 7.61. The molecule has 0 bridgehead atoms. The molecular formula is C17H22N2O4. The predicted octanol–water partition coefficient (Wildman–Crippen LogP) is 3.35. The third-order valence-electron chi connectivity index (χ3n) is 3.23. The lowest BCUT2D eigenvalue weighted by Gasteiger charge is -2.10. The van der Waals surface area contributed by atoms with Crippen molar-refractivity contribution in [1.82, 2.24) is 10.1 Å². The minimum absolute atomic E-state index is 0.170. The topological polar surface area (TPSA) is 85.5 Å². The van der Waals surface area contributed by atoms with E-state index in [1.807, 2.05) is 45.0 Å². The van der Waals surface area contributed by atoms with Crippen LogP contribution in [-0.4, -0.2) is 21.2 Å². The van der Waals surface area contributed by atoms with Crippen LogP contribution in [-0.2, 0) is 23.2 Å². The highest BCUT2D eigenvalue weighted by atomic mass is 16.5. The number of hydrogen-bond acceptors (Lipinski definition) is 5. The Morgan fingerprint density at radius 3 is 2.78 bits per heavy atom. The second-order valence-electron chi connectivity index (χ2n) is 6.45. The van der Waals surface area contributed by atoms with Gasteiger partial charge < -0.3 is 14.4 Å². The van der Waals surface area contributed by atoms with Crippen LogP contribution in [0.15, 0.2) is 28.8 Å². The van der Waals surface area contributed by atoms with Gasteiger partial charge in [0.05, 0.1) is 0 Å². The van der Waals surface area contributed by atoms with E-state index in [4.69, 9.17) is 14.4 Å². The maximum absolute atomic E-state index is 10.5. The molecule has 0 unspecified atom stereocenters. The molecule has 1 aromatic heterocycles. The number of carboxylic acid groups (broad SMARTS) is 1. The third kappa shape index (κ3) is 5.39. The molecule has 0 saturated heterocycles. The van der Waals surface area contributed by atoms with Gasteiger partial charge in [-0.05, 0) is 30.5 Å². The van der Waals surface area contributed by atoms with Crippen molar-refractivity contribution in [2.75, 3.05) is 0 Å². The molecule has 0 fully saturated rings. The van der Waals surface area contributed by atoms with E-state index in [0.29, 0.717) is 30.3 Å². The maximum atomic E-state index is 10.5. The van der Waals surface area contributed by atoms with Crippen molar-refractivity contribution < 1.29 is 19.2 Å². The number of rotatable bonds is 7. The quantitative estimate of drug-likeness (QED) is 0.842. The van der Waals surface area contributed by atoms with E-state index in [0.717, 1.165) is 5.56 Å². The second-order valence-corrected chi connectivity index (χ2v) is 6.45. The van der Waals surface area contributed by atoms with Crippen LogP contribution in [0.3, 0.4) is 0 Å². The van der Waals surface area contributed by atoms with Gasteiger partial charge in [-0.25, -0.2) is 0 Å². The number of aryl methyl sites for hydroxylation is 1. The number of benzene rings is 1. The SMILES string of the molecule is CC(C)(C)c1nc(COc2cccc(CCCC(=O)O)c2)no1. The van der Waals surface area contributed by atoms with E-state index in [9.17, 15) is 4.79 Å². The van der Waals surface area contributed by atoms with Crippen LogP contribution < -0.4 is 4.74 Å².